The van der Waals surface area contributed by atoms with E-state index >= 15 is 0 Å². The highest BCUT2D eigenvalue weighted by atomic mass is 35.5. The molecule has 0 radical (unpaired) electrons. The lowest BCUT2D eigenvalue weighted by molar-refractivity contribution is -0.132. The highest BCUT2D eigenvalue weighted by Gasteiger charge is 2.48. The third-order valence-corrected chi connectivity index (χ3v) is 4.27. The van der Waals surface area contributed by atoms with Crippen LogP contribution in [0, 0.1) is 0 Å². The van der Waals surface area contributed by atoms with Gasteiger partial charge in [0.05, 0.1) is 18.7 Å². The molecule has 6 nitrogen and oxygen atoms in total. The van der Waals surface area contributed by atoms with Gasteiger partial charge in [-0.05, 0) is 19.1 Å². The lowest BCUT2D eigenvalue weighted by atomic mass is 10.0. The summed E-state index contributed by atoms with van der Waals surface area (Å²) in [6.45, 7) is 1.81. The largest absolute Gasteiger partial charge is 0.382 e. The molecule has 2 aromatic rings. The SMILES string of the molecule is COCC1(C)NC(=O)N(Cc2c(Cl)ccc3cccnc23)C1=O. The van der Waals surface area contributed by atoms with Crippen molar-refractivity contribution >= 4 is 34.4 Å². The number of imide groups is 1. The van der Waals surface area contributed by atoms with E-state index in [4.69, 9.17) is 16.3 Å². The van der Waals surface area contributed by atoms with Crippen LogP contribution in [-0.2, 0) is 16.1 Å². The van der Waals surface area contributed by atoms with Crippen LogP contribution in [0.25, 0.3) is 10.9 Å². The van der Waals surface area contributed by atoms with Gasteiger partial charge in [0, 0.05) is 29.3 Å². The van der Waals surface area contributed by atoms with E-state index in [2.05, 4.69) is 10.3 Å². The molecular formula is C16H16ClN3O3. The molecule has 0 spiro atoms. The van der Waals surface area contributed by atoms with Crippen LogP contribution in [0.4, 0.5) is 4.79 Å². The smallest absolute Gasteiger partial charge is 0.325 e. The molecule has 3 amide bonds. The first-order valence-electron chi connectivity index (χ1n) is 7.11. The van der Waals surface area contributed by atoms with Crippen molar-refractivity contribution in [2.75, 3.05) is 13.7 Å². The molecule has 120 valence electrons. The minimum absolute atomic E-state index is 0.0666. The van der Waals surface area contributed by atoms with Crippen LogP contribution in [0.1, 0.15) is 12.5 Å². The van der Waals surface area contributed by atoms with Crippen molar-refractivity contribution < 1.29 is 14.3 Å². The van der Waals surface area contributed by atoms with Gasteiger partial charge in [0.2, 0.25) is 0 Å². The number of carbonyl (C=O) groups is 2. The first-order valence-corrected chi connectivity index (χ1v) is 7.49. The van der Waals surface area contributed by atoms with Crippen LogP contribution in [0.2, 0.25) is 5.02 Å². The average Bonchev–Trinajstić information content (AvgIpc) is 2.73. The zero-order valence-electron chi connectivity index (χ0n) is 12.8. The number of fused-ring (bicyclic) bond motifs is 1. The molecule has 0 aliphatic carbocycles. The molecule has 1 aliphatic rings. The minimum atomic E-state index is -1.06. The number of rotatable bonds is 4. The molecule has 1 unspecified atom stereocenters. The molecule has 2 heterocycles. The molecule has 23 heavy (non-hydrogen) atoms. The first kappa shape index (κ1) is 15.7. The Labute approximate surface area is 138 Å². The van der Waals surface area contributed by atoms with E-state index in [9.17, 15) is 9.59 Å². The number of benzene rings is 1. The van der Waals surface area contributed by atoms with Crippen molar-refractivity contribution in [3.05, 3.63) is 41.0 Å². The summed E-state index contributed by atoms with van der Waals surface area (Å²) in [5.74, 6) is -0.339. The Morgan fingerprint density at radius 3 is 2.87 bits per heavy atom. The number of pyridine rings is 1. The van der Waals surface area contributed by atoms with Gasteiger partial charge in [-0.1, -0.05) is 23.7 Å². The van der Waals surface area contributed by atoms with Crippen molar-refractivity contribution in [2.24, 2.45) is 0 Å². The molecule has 1 fully saturated rings. The van der Waals surface area contributed by atoms with Gasteiger partial charge in [0.15, 0.2) is 0 Å². The summed E-state index contributed by atoms with van der Waals surface area (Å²) in [4.78, 5) is 30.3. The summed E-state index contributed by atoms with van der Waals surface area (Å²) in [6, 6.07) is 6.87. The molecule has 7 heteroatoms. The van der Waals surface area contributed by atoms with Crippen molar-refractivity contribution in [1.29, 1.82) is 0 Å². The van der Waals surface area contributed by atoms with Gasteiger partial charge in [0.25, 0.3) is 5.91 Å². The number of hydrogen-bond donors (Lipinski definition) is 1. The summed E-state index contributed by atoms with van der Waals surface area (Å²) < 4.78 is 5.04. The highest BCUT2D eigenvalue weighted by Crippen LogP contribution is 2.28. The van der Waals surface area contributed by atoms with Crippen LogP contribution in [0.5, 0.6) is 0 Å². The third kappa shape index (κ3) is 2.64. The number of nitrogens with one attached hydrogen (secondary N) is 1. The van der Waals surface area contributed by atoms with Crippen LogP contribution < -0.4 is 5.32 Å². The fourth-order valence-electron chi connectivity index (χ4n) is 2.77. The van der Waals surface area contributed by atoms with E-state index in [1.807, 2.05) is 18.2 Å². The Morgan fingerprint density at radius 1 is 1.35 bits per heavy atom. The number of ether oxygens (including phenoxy) is 1. The lowest BCUT2D eigenvalue weighted by Gasteiger charge is -2.20. The van der Waals surface area contributed by atoms with Crippen LogP contribution in [0.15, 0.2) is 30.5 Å². The van der Waals surface area contributed by atoms with Crippen LogP contribution in [-0.4, -0.2) is 41.1 Å². The Morgan fingerprint density at radius 2 is 2.13 bits per heavy atom. The number of halogens is 1. The summed E-state index contributed by atoms with van der Waals surface area (Å²) in [7, 11) is 1.48. The van der Waals surface area contributed by atoms with Crippen molar-refractivity contribution in [2.45, 2.75) is 19.0 Å². The van der Waals surface area contributed by atoms with E-state index < -0.39 is 11.6 Å². The summed E-state index contributed by atoms with van der Waals surface area (Å²) in [5, 5.41) is 4.04. The number of nitrogens with zero attached hydrogens (tertiary/aromatic N) is 2. The monoisotopic (exact) mass is 333 g/mol. The van der Waals surface area contributed by atoms with Crippen molar-refractivity contribution in [3.63, 3.8) is 0 Å². The molecule has 0 saturated carbocycles. The van der Waals surface area contributed by atoms with Gasteiger partial charge >= 0.3 is 6.03 Å². The van der Waals surface area contributed by atoms with Gasteiger partial charge in [-0.3, -0.25) is 14.7 Å². The molecule has 1 saturated heterocycles. The summed E-state index contributed by atoms with van der Waals surface area (Å²) in [6.07, 6.45) is 1.66. The van der Waals surface area contributed by atoms with Gasteiger partial charge in [-0.2, -0.15) is 0 Å². The normalized spacial score (nSPS) is 21.1. The lowest BCUT2D eigenvalue weighted by Crippen LogP contribution is -2.47. The Hall–Kier alpha value is -2.18. The van der Waals surface area contributed by atoms with Crippen LogP contribution in [0.3, 0.4) is 0 Å². The zero-order valence-corrected chi connectivity index (χ0v) is 13.6. The van der Waals surface area contributed by atoms with E-state index in [0.717, 1.165) is 10.3 Å². The fourth-order valence-corrected chi connectivity index (χ4v) is 2.98. The highest BCUT2D eigenvalue weighted by molar-refractivity contribution is 6.32. The zero-order chi connectivity index (χ0) is 16.6. The molecule has 1 aromatic heterocycles. The number of amides is 3. The van der Waals surface area contributed by atoms with E-state index in [-0.39, 0.29) is 19.1 Å². The quantitative estimate of drug-likeness (QED) is 0.872. The second-order valence-electron chi connectivity index (χ2n) is 5.69. The molecule has 0 bridgehead atoms. The van der Waals surface area contributed by atoms with E-state index in [0.29, 0.717) is 16.1 Å². The predicted molar refractivity (Wildman–Crippen MR) is 86.1 cm³/mol. The average molecular weight is 334 g/mol. The van der Waals surface area contributed by atoms with Gasteiger partial charge in [-0.25, -0.2) is 4.79 Å². The number of carbonyl (C=O) groups excluding carboxylic acids is 2. The molecule has 1 aliphatic heterocycles. The van der Waals surface area contributed by atoms with Gasteiger partial charge < -0.3 is 10.1 Å². The van der Waals surface area contributed by atoms with Crippen molar-refractivity contribution in [1.82, 2.24) is 15.2 Å². The third-order valence-electron chi connectivity index (χ3n) is 3.92. The molecule has 1 N–H and O–H groups in total. The second-order valence-corrected chi connectivity index (χ2v) is 6.09. The topological polar surface area (TPSA) is 71.5 Å². The molecule has 1 atom stereocenters. The maximum Gasteiger partial charge on any atom is 0.325 e. The van der Waals surface area contributed by atoms with E-state index in [1.54, 1.807) is 19.2 Å². The van der Waals surface area contributed by atoms with E-state index in [1.165, 1.54) is 7.11 Å². The number of hydrogen-bond acceptors (Lipinski definition) is 4. The number of methoxy groups -OCH3 is 1. The Balaban J connectivity index is 1.98. The summed E-state index contributed by atoms with van der Waals surface area (Å²) >= 11 is 6.27. The Bertz CT molecular complexity index is 795. The maximum absolute atomic E-state index is 12.6. The maximum atomic E-state index is 12.6. The molecular weight excluding hydrogens is 318 g/mol. The number of aromatic nitrogens is 1. The molecule has 1 aromatic carbocycles. The predicted octanol–water partition coefficient (Wildman–Crippen LogP) is 2.35. The fraction of sp³-hybridized carbons (Fsp3) is 0.312. The first-order chi connectivity index (χ1) is 11.0. The second kappa shape index (κ2) is 5.79. The standard InChI is InChI=1S/C16H16ClN3O3/c1-16(9-23-2)14(21)20(15(22)19-16)8-11-12(17)6-5-10-4-3-7-18-13(10)11/h3-7H,8-9H2,1-2H3,(H,19,22). The molecule has 3 rings (SSSR count). The van der Waals surface area contributed by atoms with Crippen LogP contribution >= 0.6 is 11.6 Å². The Kier molecular flexibility index (Phi) is 3.95. The minimum Gasteiger partial charge on any atom is -0.382 e. The van der Waals surface area contributed by atoms with Gasteiger partial charge in [-0.15, -0.1) is 0 Å². The van der Waals surface area contributed by atoms with Crippen molar-refractivity contribution in [3.8, 4) is 0 Å². The number of urea groups is 1. The van der Waals surface area contributed by atoms with Gasteiger partial charge in [0.1, 0.15) is 5.54 Å². The summed E-state index contributed by atoms with van der Waals surface area (Å²) in [5.41, 5.74) is 0.270.